The lowest BCUT2D eigenvalue weighted by Gasteiger charge is -2.33. The minimum atomic E-state index is 0.214. The summed E-state index contributed by atoms with van der Waals surface area (Å²) < 4.78 is 5.40. The maximum Gasteiger partial charge on any atom is 0.165 e. The van der Waals surface area contributed by atoms with Gasteiger partial charge in [0.05, 0.1) is 6.61 Å². The van der Waals surface area contributed by atoms with Crippen LogP contribution in [0.5, 0.6) is 5.75 Å². The highest BCUT2D eigenvalue weighted by Gasteiger charge is 2.30. The highest BCUT2D eigenvalue weighted by atomic mass is 16.5. The molecule has 0 saturated heterocycles. The van der Waals surface area contributed by atoms with E-state index in [1.54, 1.807) is 0 Å². The van der Waals surface area contributed by atoms with E-state index in [0.29, 0.717) is 17.8 Å². The molecule has 0 aromatic heterocycles. The van der Waals surface area contributed by atoms with Crippen molar-refractivity contribution >= 4 is 5.78 Å². The van der Waals surface area contributed by atoms with Crippen molar-refractivity contribution in [3.05, 3.63) is 29.8 Å². The maximum atomic E-state index is 12.4. The molecule has 1 aliphatic carbocycles. The fraction of sp³-hybridized carbons (Fsp3) is 0.588. The molecule has 0 radical (unpaired) electrons. The minimum absolute atomic E-state index is 0.214. The van der Waals surface area contributed by atoms with Crippen molar-refractivity contribution in [2.75, 3.05) is 6.61 Å². The van der Waals surface area contributed by atoms with Gasteiger partial charge in [-0.05, 0) is 62.3 Å². The third-order valence-electron chi connectivity index (χ3n) is 4.16. The third-order valence-corrected chi connectivity index (χ3v) is 4.16. The Morgan fingerprint density at radius 2 is 1.79 bits per heavy atom. The molecule has 1 aromatic carbocycles. The van der Waals surface area contributed by atoms with Crippen molar-refractivity contribution in [1.82, 2.24) is 0 Å². The van der Waals surface area contributed by atoms with Crippen LogP contribution in [0.25, 0.3) is 0 Å². The van der Waals surface area contributed by atoms with E-state index in [1.807, 2.05) is 31.2 Å². The van der Waals surface area contributed by atoms with Crippen molar-refractivity contribution in [2.45, 2.75) is 46.5 Å². The molecular weight excluding hydrogens is 236 g/mol. The Kier molecular flexibility index (Phi) is 4.28. The second-order valence-electron chi connectivity index (χ2n) is 6.26. The lowest BCUT2D eigenvalue weighted by atomic mass is 9.71. The standard InChI is InChI=1S/C17H24O2/c1-4-19-15-7-5-13(6-8-15)16(18)14-9-11-17(2,3)12-10-14/h5-8,14H,4,9-12H2,1-3H3. The predicted octanol–water partition coefficient (Wildman–Crippen LogP) is 4.48. The molecule has 19 heavy (non-hydrogen) atoms. The quantitative estimate of drug-likeness (QED) is 0.746. The molecule has 2 nitrogen and oxygen atoms in total. The first-order valence-electron chi connectivity index (χ1n) is 7.29. The Balaban J connectivity index is 2.00. The van der Waals surface area contributed by atoms with Gasteiger partial charge in [-0.25, -0.2) is 0 Å². The molecule has 0 atom stereocenters. The molecule has 0 amide bonds. The van der Waals surface area contributed by atoms with E-state index < -0.39 is 0 Å². The van der Waals surface area contributed by atoms with Gasteiger partial charge in [0.2, 0.25) is 0 Å². The van der Waals surface area contributed by atoms with Gasteiger partial charge >= 0.3 is 0 Å². The molecule has 1 saturated carbocycles. The highest BCUT2D eigenvalue weighted by Crippen LogP contribution is 2.39. The first-order chi connectivity index (χ1) is 9.02. The van der Waals surface area contributed by atoms with Crippen LogP contribution in [0.15, 0.2) is 24.3 Å². The third kappa shape index (κ3) is 3.59. The molecule has 0 N–H and O–H groups in total. The van der Waals surface area contributed by atoms with Crippen LogP contribution in [0.1, 0.15) is 56.8 Å². The topological polar surface area (TPSA) is 26.3 Å². The van der Waals surface area contributed by atoms with Crippen LogP contribution in [-0.4, -0.2) is 12.4 Å². The van der Waals surface area contributed by atoms with Gasteiger partial charge in [-0.2, -0.15) is 0 Å². The number of rotatable bonds is 4. The van der Waals surface area contributed by atoms with E-state index in [0.717, 1.165) is 37.0 Å². The Morgan fingerprint density at radius 1 is 1.21 bits per heavy atom. The first kappa shape index (κ1) is 14.1. The summed E-state index contributed by atoms with van der Waals surface area (Å²) in [6, 6.07) is 7.58. The summed E-state index contributed by atoms with van der Waals surface area (Å²) in [5.74, 6) is 1.35. The Bertz CT molecular complexity index is 421. The molecule has 0 heterocycles. The van der Waals surface area contributed by atoms with Crippen LogP contribution in [0.4, 0.5) is 0 Å². The molecule has 1 aromatic rings. The highest BCUT2D eigenvalue weighted by molar-refractivity contribution is 5.98. The summed E-state index contributed by atoms with van der Waals surface area (Å²) in [7, 11) is 0. The van der Waals surface area contributed by atoms with Crippen LogP contribution < -0.4 is 4.74 Å². The van der Waals surface area contributed by atoms with Crippen molar-refractivity contribution in [2.24, 2.45) is 11.3 Å². The Hall–Kier alpha value is -1.31. The van der Waals surface area contributed by atoms with Gasteiger partial charge in [-0.15, -0.1) is 0 Å². The largest absolute Gasteiger partial charge is 0.494 e. The molecule has 0 aliphatic heterocycles. The van der Waals surface area contributed by atoms with Crippen molar-refractivity contribution < 1.29 is 9.53 Å². The van der Waals surface area contributed by atoms with E-state index in [2.05, 4.69) is 13.8 Å². The molecule has 0 unspecified atom stereocenters. The maximum absolute atomic E-state index is 12.4. The number of hydrogen-bond donors (Lipinski definition) is 0. The van der Waals surface area contributed by atoms with Gasteiger partial charge in [-0.1, -0.05) is 13.8 Å². The van der Waals surface area contributed by atoms with Crippen LogP contribution in [0.2, 0.25) is 0 Å². The van der Waals surface area contributed by atoms with Gasteiger partial charge in [0.25, 0.3) is 0 Å². The fourth-order valence-corrected chi connectivity index (χ4v) is 2.78. The molecule has 1 aliphatic rings. The number of Topliss-reactive ketones (excluding diaryl/α,β-unsaturated/α-hetero) is 1. The number of carbonyl (C=O) groups is 1. The molecule has 0 bridgehead atoms. The van der Waals surface area contributed by atoms with Gasteiger partial charge < -0.3 is 4.74 Å². The SMILES string of the molecule is CCOc1ccc(C(=O)C2CCC(C)(C)CC2)cc1. The zero-order valence-electron chi connectivity index (χ0n) is 12.2. The number of ether oxygens (including phenoxy) is 1. The smallest absolute Gasteiger partial charge is 0.165 e. The van der Waals surface area contributed by atoms with Crippen LogP contribution in [-0.2, 0) is 0 Å². The number of ketones is 1. The van der Waals surface area contributed by atoms with Crippen molar-refractivity contribution in [3.8, 4) is 5.75 Å². The van der Waals surface area contributed by atoms with Gasteiger partial charge in [0.1, 0.15) is 5.75 Å². The summed E-state index contributed by atoms with van der Waals surface area (Å²) in [6.07, 6.45) is 4.36. The van der Waals surface area contributed by atoms with Gasteiger partial charge in [0.15, 0.2) is 5.78 Å². The average molecular weight is 260 g/mol. The summed E-state index contributed by atoms with van der Waals surface area (Å²) in [5.41, 5.74) is 1.24. The normalized spacial score (nSPS) is 19.1. The van der Waals surface area contributed by atoms with Crippen molar-refractivity contribution in [3.63, 3.8) is 0 Å². The molecule has 1 fully saturated rings. The van der Waals surface area contributed by atoms with E-state index in [9.17, 15) is 4.79 Å². The van der Waals surface area contributed by atoms with E-state index in [-0.39, 0.29) is 5.92 Å². The van der Waals surface area contributed by atoms with E-state index in [1.165, 1.54) is 0 Å². The minimum Gasteiger partial charge on any atom is -0.494 e. The molecule has 2 heteroatoms. The molecular formula is C17H24O2. The van der Waals surface area contributed by atoms with Crippen LogP contribution in [0, 0.1) is 11.3 Å². The molecule has 104 valence electrons. The van der Waals surface area contributed by atoms with Crippen molar-refractivity contribution in [1.29, 1.82) is 0 Å². The van der Waals surface area contributed by atoms with E-state index >= 15 is 0 Å². The lowest BCUT2D eigenvalue weighted by Crippen LogP contribution is -2.26. The van der Waals surface area contributed by atoms with Gasteiger partial charge in [0, 0.05) is 11.5 Å². The van der Waals surface area contributed by atoms with Crippen LogP contribution >= 0.6 is 0 Å². The zero-order chi connectivity index (χ0) is 13.9. The van der Waals surface area contributed by atoms with E-state index in [4.69, 9.17) is 4.74 Å². The van der Waals surface area contributed by atoms with Gasteiger partial charge in [-0.3, -0.25) is 4.79 Å². The first-order valence-corrected chi connectivity index (χ1v) is 7.29. The Labute approximate surface area is 116 Å². The molecule has 0 spiro atoms. The summed E-state index contributed by atoms with van der Waals surface area (Å²) >= 11 is 0. The second kappa shape index (κ2) is 5.77. The Morgan fingerprint density at radius 3 is 2.32 bits per heavy atom. The fourth-order valence-electron chi connectivity index (χ4n) is 2.78. The summed E-state index contributed by atoms with van der Waals surface area (Å²) in [5, 5.41) is 0. The number of hydrogen-bond acceptors (Lipinski definition) is 2. The second-order valence-corrected chi connectivity index (χ2v) is 6.26. The zero-order valence-corrected chi connectivity index (χ0v) is 12.2. The average Bonchev–Trinajstić information content (AvgIpc) is 2.39. The molecule has 2 rings (SSSR count). The monoisotopic (exact) mass is 260 g/mol. The number of carbonyl (C=O) groups excluding carboxylic acids is 1. The van der Waals surface area contributed by atoms with Crippen LogP contribution in [0.3, 0.4) is 0 Å². The summed E-state index contributed by atoms with van der Waals surface area (Å²) in [4.78, 5) is 12.4. The lowest BCUT2D eigenvalue weighted by molar-refractivity contribution is 0.0838. The summed E-state index contributed by atoms with van der Waals surface area (Å²) in [6.45, 7) is 7.21. The predicted molar refractivity (Wildman–Crippen MR) is 77.7 cm³/mol. The number of benzene rings is 1.